The first-order valence-corrected chi connectivity index (χ1v) is 9.79. The molecular weight excluding hydrogens is 272 g/mol. The molecule has 0 amide bonds. The van der Waals surface area contributed by atoms with Gasteiger partial charge in [-0.25, -0.2) is 0 Å². The van der Waals surface area contributed by atoms with Crippen molar-refractivity contribution in [3.8, 4) is 0 Å². The second-order valence-corrected chi connectivity index (χ2v) is 7.49. The topological polar surface area (TPSA) is 13.0 Å². The largest absolute Gasteiger partial charge is 0.302 e. The van der Waals surface area contributed by atoms with Crippen LogP contribution in [0.25, 0.3) is 0 Å². The highest BCUT2D eigenvalue weighted by molar-refractivity contribution is 4.74. The van der Waals surface area contributed by atoms with Crippen molar-refractivity contribution >= 4 is 0 Å². The van der Waals surface area contributed by atoms with Gasteiger partial charge in [0.05, 0.1) is 0 Å². The maximum atomic E-state index is 2.74. The molecule has 3 fully saturated rings. The average Bonchev–Trinajstić information content (AvgIpc) is 3.29. The van der Waals surface area contributed by atoms with Crippen LogP contribution in [0.15, 0.2) is 0 Å². The van der Waals surface area contributed by atoms with Crippen molar-refractivity contribution in [3.05, 3.63) is 0 Å². The minimum absolute atomic E-state index is 1.28. The lowest BCUT2D eigenvalue weighted by molar-refractivity contribution is 0.178. The zero-order valence-electron chi connectivity index (χ0n) is 14.5. The molecule has 3 aliphatic heterocycles. The maximum absolute atomic E-state index is 2.74. The standard InChI is InChI=1S/C18H36N4/c1-2-8-19(7-1)13-16-22(17-14-20-9-3-4-10-20)18-15-21-11-5-6-12-21/h1-18H2. The smallest absolute Gasteiger partial charge is 0.0110 e. The zero-order chi connectivity index (χ0) is 15.0. The molecule has 22 heavy (non-hydrogen) atoms. The molecule has 128 valence electrons. The van der Waals surface area contributed by atoms with Gasteiger partial charge in [-0.1, -0.05) is 0 Å². The van der Waals surface area contributed by atoms with Crippen LogP contribution in [0.5, 0.6) is 0 Å². The SMILES string of the molecule is C1CCN(CCN(CCN2CCCC2)CCN2CCCC2)C1. The molecule has 3 saturated heterocycles. The fourth-order valence-electron chi connectivity index (χ4n) is 4.20. The lowest BCUT2D eigenvalue weighted by Crippen LogP contribution is -2.42. The van der Waals surface area contributed by atoms with Crippen LogP contribution in [0, 0.1) is 0 Å². The molecule has 0 aromatic carbocycles. The lowest BCUT2D eigenvalue weighted by Gasteiger charge is -2.29. The van der Waals surface area contributed by atoms with Crippen molar-refractivity contribution in [1.82, 2.24) is 19.6 Å². The van der Waals surface area contributed by atoms with E-state index in [0.717, 1.165) is 0 Å². The van der Waals surface area contributed by atoms with Crippen LogP contribution in [0.2, 0.25) is 0 Å². The molecule has 0 aromatic rings. The van der Waals surface area contributed by atoms with Gasteiger partial charge in [0.2, 0.25) is 0 Å². The van der Waals surface area contributed by atoms with E-state index in [2.05, 4.69) is 19.6 Å². The molecule has 3 rings (SSSR count). The van der Waals surface area contributed by atoms with Crippen molar-refractivity contribution in [1.29, 1.82) is 0 Å². The summed E-state index contributed by atoms with van der Waals surface area (Å²) in [5.74, 6) is 0. The molecule has 0 unspecified atom stereocenters. The van der Waals surface area contributed by atoms with Crippen molar-refractivity contribution in [2.45, 2.75) is 38.5 Å². The van der Waals surface area contributed by atoms with E-state index < -0.39 is 0 Å². The van der Waals surface area contributed by atoms with Gasteiger partial charge in [-0.2, -0.15) is 0 Å². The Morgan fingerprint density at radius 3 is 1.00 bits per heavy atom. The van der Waals surface area contributed by atoms with Crippen LogP contribution in [0.4, 0.5) is 0 Å². The predicted molar refractivity (Wildman–Crippen MR) is 93.5 cm³/mol. The Bertz CT molecular complexity index is 244. The monoisotopic (exact) mass is 308 g/mol. The van der Waals surface area contributed by atoms with E-state index in [-0.39, 0.29) is 0 Å². The summed E-state index contributed by atoms with van der Waals surface area (Å²) in [5, 5.41) is 0. The number of likely N-dealkylation sites (tertiary alicyclic amines) is 3. The van der Waals surface area contributed by atoms with Gasteiger partial charge < -0.3 is 14.7 Å². The molecule has 3 aliphatic rings. The van der Waals surface area contributed by atoms with Crippen molar-refractivity contribution in [3.63, 3.8) is 0 Å². The van der Waals surface area contributed by atoms with E-state index in [1.807, 2.05) is 0 Å². The van der Waals surface area contributed by atoms with Crippen molar-refractivity contribution < 1.29 is 0 Å². The summed E-state index contributed by atoms with van der Waals surface area (Å²) in [6, 6.07) is 0. The Morgan fingerprint density at radius 2 is 0.727 bits per heavy atom. The van der Waals surface area contributed by atoms with E-state index in [4.69, 9.17) is 0 Å². The lowest BCUT2D eigenvalue weighted by atomic mass is 10.3. The van der Waals surface area contributed by atoms with Gasteiger partial charge >= 0.3 is 0 Å². The van der Waals surface area contributed by atoms with Crippen LogP contribution in [-0.4, -0.2) is 98.1 Å². The molecule has 0 spiro atoms. The second kappa shape index (κ2) is 9.21. The third-order valence-electron chi connectivity index (χ3n) is 5.79. The molecule has 0 aliphatic carbocycles. The summed E-state index contributed by atoms with van der Waals surface area (Å²) < 4.78 is 0. The Kier molecular flexibility index (Phi) is 6.99. The first kappa shape index (κ1) is 16.7. The molecule has 4 heteroatoms. The van der Waals surface area contributed by atoms with Crippen LogP contribution in [0.1, 0.15) is 38.5 Å². The highest BCUT2D eigenvalue weighted by Gasteiger charge is 2.17. The fourth-order valence-corrected chi connectivity index (χ4v) is 4.20. The van der Waals surface area contributed by atoms with Gasteiger partial charge in [0.25, 0.3) is 0 Å². The number of rotatable bonds is 9. The molecule has 0 radical (unpaired) electrons. The summed E-state index contributed by atoms with van der Waals surface area (Å²) in [6.07, 6.45) is 8.51. The fraction of sp³-hybridized carbons (Fsp3) is 1.00. The van der Waals surface area contributed by atoms with Crippen LogP contribution in [0.3, 0.4) is 0 Å². The molecule has 3 heterocycles. The minimum atomic E-state index is 1.28. The zero-order valence-corrected chi connectivity index (χ0v) is 14.5. The summed E-state index contributed by atoms with van der Waals surface area (Å²) in [5.41, 5.74) is 0. The highest BCUT2D eigenvalue weighted by Crippen LogP contribution is 2.10. The van der Waals surface area contributed by atoms with E-state index >= 15 is 0 Å². The maximum Gasteiger partial charge on any atom is 0.0110 e. The Morgan fingerprint density at radius 1 is 0.455 bits per heavy atom. The first-order chi connectivity index (χ1) is 10.9. The number of hydrogen-bond donors (Lipinski definition) is 0. The van der Waals surface area contributed by atoms with Crippen molar-refractivity contribution in [2.24, 2.45) is 0 Å². The number of hydrogen-bond acceptors (Lipinski definition) is 4. The highest BCUT2D eigenvalue weighted by atomic mass is 15.2. The summed E-state index contributed by atoms with van der Waals surface area (Å²) >= 11 is 0. The second-order valence-electron chi connectivity index (χ2n) is 7.49. The van der Waals surface area contributed by atoms with E-state index in [1.165, 1.54) is 117 Å². The van der Waals surface area contributed by atoms with E-state index in [9.17, 15) is 0 Å². The molecule has 4 nitrogen and oxygen atoms in total. The first-order valence-electron chi connectivity index (χ1n) is 9.79. The molecule has 0 N–H and O–H groups in total. The van der Waals surface area contributed by atoms with Crippen LogP contribution >= 0.6 is 0 Å². The number of nitrogens with zero attached hydrogens (tertiary/aromatic N) is 4. The van der Waals surface area contributed by atoms with E-state index in [0.29, 0.717) is 0 Å². The van der Waals surface area contributed by atoms with Gasteiger partial charge in [0.15, 0.2) is 0 Å². The predicted octanol–water partition coefficient (Wildman–Crippen LogP) is 1.58. The van der Waals surface area contributed by atoms with E-state index in [1.54, 1.807) is 0 Å². The Labute approximate surface area is 137 Å². The van der Waals surface area contributed by atoms with Gasteiger partial charge in [-0.15, -0.1) is 0 Å². The molecule has 0 saturated carbocycles. The quantitative estimate of drug-likeness (QED) is 0.641. The minimum Gasteiger partial charge on any atom is -0.302 e. The van der Waals surface area contributed by atoms with Gasteiger partial charge in [-0.3, -0.25) is 4.90 Å². The Hall–Kier alpha value is -0.160. The van der Waals surface area contributed by atoms with Crippen LogP contribution < -0.4 is 0 Å². The summed E-state index contributed by atoms with van der Waals surface area (Å²) in [4.78, 5) is 10.7. The normalized spacial score (nSPS) is 25.0. The Balaban J connectivity index is 1.38. The van der Waals surface area contributed by atoms with Gasteiger partial charge in [-0.05, 0) is 77.8 Å². The summed E-state index contributed by atoms with van der Waals surface area (Å²) in [7, 11) is 0. The average molecular weight is 309 g/mol. The van der Waals surface area contributed by atoms with Gasteiger partial charge in [0, 0.05) is 39.3 Å². The third kappa shape index (κ3) is 5.48. The molecule has 0 bridgehead atoms. The molecule has 0 aromatic heterocycles. The molecular formula is C18H36N4. The van der Waals surface area contributed by atoms with Crippen LogP contribution in [-0.2, 0) is 0 Å². The third-order valence-corrected chi connectivity index (χ3v) is 5.79. The van der Waals surface area contributed by atoms with Gasteiger partial charge in [0.1, 0.15) is 0 Å². The molecule has 0 atom stereocenters. The van der Waals surface area contributed by atoms with Crippen molar-refractivity contribution in [2.75, 3.05) is 78.5 Å². The summed E-state index contributed by atoms with van der Waals surface area (Å²) in [6.45, 7) is 15.7.